The Balaban J connectivity index is 1.42. The van der Waals surface area contributed by atoms with Crippen LogP contribution in [0.15, 0.2) is 54.6 Å². The maximum Gasteiger partial charge on any atom is 0.119 e. The third kappa shape index (κ3) is 3.86. The number of fused-ring (bicyclic) bond motifs is 1. The Bertz CT molecular complexity index is 675. The van der Waals surface area contributed by atoms with Crippen molar-refractivity contribution in [3.63, 3.8) is 0 Å². The van der Waals surface area contributed by atoms with Crippen LogP contribution in [0.5, 0.6) is 5.75 Å². The van der Waals surface area contributed by atoms with Gasteiger partial charge in [-0.15, -0.1) is 0 Å². The number of nitrogens with one attached hydrogen (secondary N) is 2. The second-order valence-electron chi connectivity index (χ2n) is 5.43. The molecule has 0 radical (unpaired) electrons. The summed E-state index contributed by atoms with van der Waals surface area (Å²) in [5.74, 6) is 1.93. The van der Waals surface area contributed by atoms with Crippen LogP contribution in [0.3, 0.4) is 0 Å². The highest BCUT2D eigenvalue weighted by Crippen LogP contribution is 2.10. The molecule has 0 saturated carbocycles. The summed E-state index contributed by atoms with van der Waals surface area (Å²) in [7, 11) is 0. The zero-order valence-electron chi connectivity index (χ0n) is 12.8. The second kappa shape index (κ2) is 7.09. The third-order valence-electron chi connectivity index (χ3n) is 3.54. The quantitative estimate of drug-likeness (QED) is 0.704. The smallest absolute Gasteiger partial charge is 0.119 e. The Labute approximate surface area is 130 Å². The van der Waals surface area contributed by atoms with Crippen molar-refractivity contribution < 1.29 is 4.74 Å². The fourth-order valence-electron chi connectivity index (χ4n) is 2.36. The highest BCUT2D eigenvalue weighted by Gasteiger charge is 2.05. The molecular formula is C18H21N3O. The number of nitrogens with zero attached hydrogens (tertiary/aromatic N) is 1. The topological polar surface area (TPSA) is 49.9 Å². The molecule has 0 aliphatic rings. The molecule has 0 amide bonds. The van der Waals surface area contributed by atoms with E-state index in [2.05, 4.69) is 28.3 Å². The number of aromatic nitrogens is 2. The minimum Gasteiger partial charge on any atom is -0.492 e. The summed E-state index contributed by atoms with van der Waals surface area (Å²) >= 11 is 0. The van der Waals surface area contributed by atoms with Gasteiger partial charge in [0, 0.05) is 19.0 Å². The molecule has 3 rings (SSSR count). The Kier molecular flexibility index (Phi) is 4.71. The normalized spacial score (nSPS) is 12.4. The molecule has 3 aromatic rings. The van der Waals surface area contributed by atoms with Gasteiger partial charge in [-0.2, -0.15) is 0 Å². The zero-order valence-corrected chi connectivity index (χ0v) is 12.8. The summed E-state index contributed by atoms with van der Waals surface area (Å²) in [5, 5.41) is 3.46. The molecule has 1 heterocycles. The first-order valence-electron chi connectivity index (χ1n) is 7.66. The highest BCUT2D eigenvalue weighted by molar-refractivity contribution is 5.74. The fraction of sp³-hybridized carbons (Fsp3) is 0.278. The molecule has 2 N–H and O–H groups in total. The molecule has 22 heavy (non-hydrogen) atoms. The van der Waals surface area contributed by atoms with E-state index in [1.165, 1.54) is 0 Å². The molecule has 0 aliphatic heterocycles. The van der Waals surface area contributed by atoms with Gasteiger partial charge in [0.1, 0.15) is 18.2 Å². The molecule has 0 bridgehead atoms. The molecule has 2 aromatic carbocycles. The average molecular weight is 295 g/mol. The van der Waals surface area contributed by atoms with Crippen molar-refractivity contribution in [3.8, 4) is 5.75 Å². The van der Waals surface area contributed by atoms with Crippen LogP contribution in [-0.4, -0.2) is 29.2 Å². The van der Waals surface area contributed by atoms with Gasteiger partial charge >= 0.3 is 0 Å². The number of imidazole rings is 1. The van der Waals surface area contributed by atoms with Crippen molar-refractivity contribution in [1.82, 2.24) is 15.3 Å². The number of benzene rings is 2. The van der Waals surface area contributed by atoms with E-state index in [0.29, 0.717) is 12.6 Å². The maximum absolute atomic E-state index is 5.73. The monoisotopic (exact) mass is 295 g/mol. The molecule has 0 saturated heterocycles. The summed E-state index contributed by atoms with van der Waals surface area (Å²) < 4.78 is 5.73. The Hall–Kier alpha value is -2.33. The largest absolute Gasteiger partial charge is 0.492 e. The lowest BCUT2D eigenvalue weighted by atomic mass is 10.3. The van der Waals surface area contributed by atoms with Crippen molar-refractivity contribution in [2.45, 2.75) is 19.4 Å². The van der Waals surface area contributed by atoms with Crippen molar-refractivity contribution in [2.24, 2.45) is 0 Å². The average Bonchev–Trinajstić information content (AvgIpc) is 2.96. The van der Waals surface area contributed by atoms with Crippen LogP contribution in [-0.2, 0) is 6.42 Å². The lowest BCUT2D eigenvalue weighted by molar-refractivity contribution is 0.274. The van der Waals surface area contributed by atoms with E-state index < -0.39 is 0 Å². The first-order chi connectivity index (χ1) is 10.8. The molecular weight excluding hydrogens is 274 g/mol. The van der Waals surface area contributed by atoms with Crippen LogP contribution in [0.25, 0.3) is 11.0 Å². The van der Waals surface area contributed by atoms with E-state index in [9.17, 15) is 0 Å². The molecule has 114 valence electrons. The fourth-order valence-corrected chi connectivity index (χ4v) is 2.36. The maximum atomic E-state index is 5.73. The van der Waals surface area contributed by atoms with Crippen molar-refractivity contribution in [2.75, 3.05) is 13.2 Å². The van der Waals surface area contributed by atoms with E-state index in [-0.39, 0.29) is 0 Å². The summed E-state index contributed by atoms with van der Waals surface area (Å²) in [4.78, 5) is 7.92. The molecule has 4 nitrogen and oxygen atoms in total. The molecule has 1 aromatic heterocycles. The predicted molar refractivity (Wildman–Crippen MR) is 89.2 cm³/mol. The number of para-hydroxylation sites is 3. The van der Waals surface area contributed by atoms with Gasteiger partial charge in [-0.3, -0.25) is 0 Å². The number of H-pyrrole nitrogens is 1. The Morgan fingerprint density at radius 1 is 1.09 bits per heavy atom. The van der Waals surface area contributed by atoms with Crippen LogP contribution in [0.1, 0.15) is 12.7 Å². The van der Waals surface area contributed by atoms with Crippen LogP contribution < -0.4 is 10.1 Å². The summed E-state index contributed by atoms with van der Waals surface area (Å²) in [6, 6.07) is 18.3. The van der Waals surface area contributed by atoms with Crippen LogP contribution in [0, 0.1) is 0 Å². The Morgan fingerprint density at radius 2 is 1.86 bits per heavy atom. The van der Waals surface area contributed by atoms with Crippen molar-refractivity contribution >= 4 is 11.0 Å². The molecule has 4 heteroatoms. The standard InChI is InChI=1S/C18H21N3O/c1-14(13-22-15-7-3-2-4-8-15)19-12-11-18-20-16-9-5-6-10-17(16)21-18/h2-10,14,19H,11-13H2,1H3,(H,20,21)/t14-/m1/s1. The SMILES string of the molecule is C[C@H](COc1ccccc1)NCCc1nc2ccccc2[nH]1. The number of aromatic amines is 1. The van der Waals surface area contributed by atoms with Crippen LogP contribution >= 0.6 is 0 Å². The van der Waals surface area contributed by atoms with Crippen LogP contribution in [0.4, 0.5) is 0 Å². The van der Waals surface area contributed by atoms with E-state index >= 15 is 0 Å². The first-order valence-corrected chi connectivity index (χ1v) is 7.66. The van der Waals surface area contributed by atoms with E-state index in [0.717, 1.165) is 35.6 Å². The highest BCUT2D eigenvalue weighted by atomic mass is 16.5. The van der Waals surface area contributed by atoms with Crippen molar-refractivity contribution in [3.05, 3.63) is 60.4 Å². The minimum absolute atomic E-state index is 0.296. The van der Waals surface area contributed by atoms with Gasteiger partial charge in [0.05, 0.1) is 11.0 Å². The molecule has 0 unspecified atom stereocenters. The van der Waals surface area contributed by atoms with E-state index in [1.807, 2.05) is 48.5 Å². The van der Waals surface area contributed by atoms with Crippen molar-refractivity contribution in [1.29, 1.82) is 0 Å². The van der Waals surface area contributed by atoms with Gasteiger partial charge < -0.3 is 15.0 Å². The van der Waals surface area contributed by atoms with Crippen LogP contribution in [0.2, 0.25) is 0 Å². The summed E-state index contributed by atoms with van der Waals surface area (Å²) in [6.45, 7) is 3.66. The number of ether oxygens (including phenoxy) is 1. The first kappa shape index (κ1) is 14.6. The third-order valence-corrected chi connectivity index (χ3v) is 3.54. The molecule has 0 aliphatic carbocycles. The van der Waals surface area contributed by atoms with E-state index in [1.54, 1.807) is 0 Å². The van der Waals surface area contributed by atoms with Gasteiger partial charge in [0.15, 0.2) is 0 Å². The summed E-state index contributed by atoms with van der Waals surface area (Å²) in [6.07, 6.45) is 0.879. The predicted octanol–water partition coefficient (Wildman–Crippen LogP) is 3.16. The molecule has 0 fully saturated rings. The second-order valence-corrected chi connectivity index (χ2v) is 5.43. The van der Waals surface area contributed by atoms with Gasteiger partial charge in [-0.1, -0.05) is 30.3 Å². The lowest BCUT2D eigenvalue weighted by Crippen LogP contribution is -2.33. The number of hydrogen-bond acceptors (Lipinski definition) is 3. The van der Waals surface area contributed by atoms with Gasteiger partial charge in [-0.25, -0.2) is 4.98 Å². The summed E-state index contributed by atoms with van der Waals surface area (Å²) in [5.41, 5.74) is 2.12. The minimum atomic E-state index is 0.296. The van der Waals surface area contributed by atoms with Gasteiger partial charge in [-0.05, 0) is 31.2 Å². The van der Waals surface area contributed by atoms with Gasteiger partial charge in [0.2, 0.25) is 0 Å². The number of hydrogen-bond donors (Lipinski definition) is 2. The number of rotatable bonds is 7. The molecule has 0 spiro atoms. The Morgan fingerprint density at radius 3 is 2.68 bits per heavy atom. The zero-order chi connectivity index (χ0) is 15.2. The lowest BCUT2D eigenvalue weighted by Gasteiger charge is -2.14. The van der Waals surface area contributed by atoms with E-state index in [4.69, 9.17) is 4.74 Å². The van der Waals surface area contributed by atoms with Gasteiger partial charge in [0.25, 0.3) is 0 Å². The molecule has 1 atom stereocenters.